The van der Waals surface area contributed by atoms with Crippen LogP contribution in [0.4, 0.5) is 0 Å². The second kappa shape index (κ2) is 5.41. The Morgan fingerprint density at radius 1 is 1.45 bits per heavy atom. The zero-order valence-corrected chi connectivity index (χ0v) is 11.5. The number of nitrogens with one attached hydrogen (secondary N) is 1. The SMILES string of the molecule is O=C(O)c1cn(C2CN(C(=O)C3CSCCN3)C2)nn1. The van der Waals surface area contributed by atoms with Crippen LogP contribution in [0.15, 0.2) is 6.20 Å². The molecule has 2 aliphatic heterocycles. The fourth-order valence-corrected chi connectivity index (χ4v) is 3.23. The lowest BCUT2D eigenvalue weighted by Gasteiger charge is -2.41. The van der Waals surface area contributed by atoms with E-state index in [-0.39, 0.29) is 23.7 Å². The molecule has 0 aromatic carbocycles. The van der Waals surface area contributed by atoms with Crippen LogP contribution in [0.1, 0.15) is 16.5 Å². The average molecular weight is 297 g/mol. The van der Waals surface area contributed by atoms with Crippen molar-refractivity contribution in [1.82, 2.24) is 25.2 Å². The minimum absolute atomic E-state index is 0.0239. The number of thioether (sulfide) groups is 1. The summed E-state index contributed by atoms with van der Waals surface area (Å²) in [5.74, 6) is 0.884. The fraction of sp³-hybridized carbons (Fsp3) is 0.636. The van der Waals surface area contributed by atoms with Crippen LogP contribution in [-0.2, 0) is 4.79 Å². The first kappa shape index (κ1) is 13.4. The second-order valence-electron chi connectivity index (χ2n) is 4.87. The Balaban J connectivity index is 1.55. The van der Waals surface area contributed by atoms with E-state index in [4.69, 9.17) is 5.11 Å². The number of hydrogen-bond acceptors (Lipinski definition) is 6. The topological polar surface area (TPSA) is 100 Å². The lowest BCUT2D eigenvalue weighted by Crippen LogP contribution is -2.58. The number of likely N-dealkylation sites (tertiary alicyclic amines) is 1. The molecule has 1 unspecified atom stereocenters. The number of carboxylic acids is 1. The molecule has 2 aliphatic rings. The summed E-state index contributed by atoms with van der Waals surface area (Å²) in [4.78, 5) is 24.7. The first-order valence-corrected chi connectivity index (χ1v) is 7.55. The molecule has 1 amide bonds. The van der Waals surface area contributed by atoms with E-state index in [0.717, 1.165) is 18.1 Å². The van der Waals surface area contributed by atoms with Crippen molar-refractivity contribution in [2.75, 3.05) is 31.1 Å². The zero-order valence-electron chi connectivity index (χ0n) is 10.7. The maximum atomic E-state index is 12.2. The van der Waals surface area contributed by atoms with Crippen LogP contribution in [0.3, 0.4) is 0 Å². The van der Waals surface area contributed by atoms with Crippen LogP contribution in [0, 0.1) is 0 Å². The Kier molecular flexibility index (Phi) is 3.62. The van der Waals surface area contributed by atoms with E-state index < -0.39 is 5.97 Å². The molecular weight excluding hydrogens is 282 g/mol. The van der Waals surface area contributed by atoms with Gasteiger partial charge in [-0.1, -0.05) is 5.21 Å². The van der Waals surface area contributed by atoms with Crippen LogP contribution >= 0.6 is 11.8 Å². The third-order valence-corrected chi connectivity index (χ3v) is 4.56. The van der Waals surface area contributed by atoms with E-state index in [9.17, 15) is 9.59 Å². The molecule has 3 rings (SSSR count). The largest absolute Gasteiger partial charge is 0.476 e. The lowest BCUT2D eigenvalue weighted by molar-refractivity contribution is -0.139. The van der Waals surface area contributed by atoms with E-state index >= 15 is 0 Å². The molecular formula is C11H15N5O3S. The highest BCUT2D eigenvalue weighted by molar-refractivity contribution is 7.99. The molecule has 0 aliphatic carbocycles. The Hall–Kier alpha value is -1.61. The number of aromatic carboxylic acids is 1. The quantitative estimate of drug-likeness (QED) is 0.743. The maximum Gasteiger partial charge on any atom is 0.358 e. The van der Waals surface area contributed by atoms with Crippen molar-refractivity contribution in [2.24, 2.45) is 0 Å². The Bertz CT molecular complexity index is 522. The summed E-state index contributed by atoms with van der Waals surface area (Å²) in [6.45, 7) is 1.98. The molecule has 20 heavy (non-hydrogen) atoms. The highest BCUT2D eigenvalue weighted by atomic mass is 32.2. The summed E-state index contributed by atoms with van der Waals surface area (Å²) in [5.41, 5.74) is -0.0693. The molecule has 1 aromatic rings. The molecule has 1 atom stereocenters. The Morgan fingerprint density at radius 2 is 2.25 bits per heavy atom. The zero-order chi connectivity index (χ0) is 14.1. The minimum Gasteiger partial charge on any atom is -0.476 e. The Morgan fingerprint density at radius 3 is 2.85 bits per heavy atom. The number of rotatable bonds is 3. The summed E-state index contributed by atoms with van der Waals surface area (Å²) in [6, 6.07) is -0.0733. The van der Waals surface area contributed by atoms with Crippen LogP contribution in [0.5, 0.6) is 0 Å². The molecule has 0 bridgehead atoms. The van der Waals surface area contributed by atoms with Gasteiger partial charge in [-0.3, -0.25) is 4.79 Å². The predicted molar refractivity (Wildman–Crippen MR) is 71.7 cm³/mol. The van der Waals surface area contributed by atoms with Gasteiger partial charge in [0, 0.05) is 31.1 Å². The van der Waals surface area contributed by atoms with E-state index in [0.29, 0.717) is 13.1 Å². The van der Waals surface area contributed by atoms with Crippen molar-refractivity contribution >= 4 is 23.6 Å². The predicted octanol–water partition coefficient (Wildman–Crippen LogP) is -0.935. The van der Waals surface area contributed by atoms with Gasteiger partial charge in [-0.2, -0.15) is 11.8 Å². The number of carbonyl (C=O) groups is 2. The molecule has 0 spiro atoms. The molecule has 3 heterocycles. The monoisotopic (exact) mass is 297 g/mol. The molecule has 9 heteroatoms. The molecule has 8 nitrogen and oxygen atoms in total. The smallest absolute Gasteiger partial charge is 0.358 e. The third-order valence-electron chi connectivity index (χ3n) is 3.50. The summed E-state index contributed by atoms with van der Waals surface area (Å²) in [6.07, 6.45) is 1.41. The van der Waals surface area contributed by atoms with Gasteiger partial charge in [0.15, 0.2) is 5.69 Å². The summed E-state index contributed by atoms with van der Waals surface area (Å²) < 4.78 is 1.52. The number of amides is 1. The summed E-state index contributed by atoms with van der Waals surface area (Å²) >= 11 is 1.78. The van der Waals surface area contributed by atoms with Crippen molar-refractivity contribution in [3.05, 3.63) is 11.9 Å². The van der Waals surface area contributed by atoms with Gasteiger partial charge in [-0.15, -0.1) is 5.10 Å². The first-order chi connectivity index (χ1) is 9.65. The van der Waals surface area contributed by atoms with Crippen LogP contribution in [0.2, 0.25) is 0 Å². The third kappa shape index (κ3) is 2.50. The van der Waals surface area contributed by atoms with Gasteiger partial charge in [0.1, 0.15) is 0 Å². The molecule has 0 radical (unpaired) electrons. The van der Waals surface area contributed by atoms with Crippen molar-refractivity contribution in [3.8, 4) is 0 Å². The Labute approximate surface area is 119 Å². The van der Waals surface area contributed by atoms with Crippen LogP contribution < -0.4 is 5.32 Å². The minimum atomic E-state index is -1.09. The van der Waals surface area contributed by atoms with Crippen LogP contribution in [0.25, 0.3) is 0 Å². The number of nitrogens with zero attached hydrogens (tertiary/aromatic N) is 4. The van der Waals surface area contributed by atoms with E-state index in [2.05, 4.69) is 15.6 Å². The van der Waals surface area contributed by atoms with Crippen LogP contribution in [-0.4, -0.2) is 74.1 Å². The van der Waals surface area contributed by atoms with E-state index in [1.54, 1.807) is 16.7 Å². The van der Waals surface area contributed by atoms with Gasteiger partial charge < -0.3 is 15.3 Å². The highest BCUT2D eigenvalue weighted by Gasteiger charge is 2.36. The number of hydrogen-bond donors (Lipinski definition) is 2. The highest BCUT2D eigenvalue weighted by Crippen LogP contribution is 2.22. The van der Waals surface area contributed by atoms with Crippen molar-refractivity contribution in [3.63, 3.8) is 0 Å². The van der Waals surface area contributed by atoms with E-state index in [1.807, 2.05) is 0 Å². The van der Waals surface area contributed by atoms with Gasteiger partial charge in [-0.05, 0) is 0 Å². The fourth-order valence-electron chi connectivity index (χ4n) is 2.30. The number of aromatic nitrogens is 3. The van der Waals surface area contributed by atoms with Crippen molar-refractivity contribution < 1.29 is 14.7 Å². The van der Waals surface area contributed by atoms with Gasteiger partial charge in [0.05, 0.1) is 18.3 Å². The normalized spacial score (nSPS) is 23.4. The molecule has 1 aromatic heterocycles. The summed E-state index contributed by atoms with van der Waals surface area (Å²) in [5, 5.41) is 19.4. The molecule has 2 N–H and O–H groups in total. The van der Waals surface area contributed by atoms with Crippen molar-refractivity contribution in [2.45, 2.75) is 12.1 Å². The molecule has 0 saturated carbocycles. The maximum absolute atomic E-state index is 12.2. The second-order valence-corrected chi connectivity index (χ2v) is 6.02. The molecule has 2 fully saturated rings. The number of carbonyl (C=O) groups excluding carboxylic acids is 1. The van der Waals surface area contributed by atoms with Gasteiger partial charge in [0.25, 0.3) is 0 Å². The van der Waals surface area contributed by atoms with E-state index in [1.165, 1.54) is 10.9 Å². The molecule has 2 saturated heterocycles. The average Bonchev–Trinajstić information content (AvgIpc) is 2.87. The standard InChI is InChI=1S/C11H15N5O3S/c17-10(9-6-20-2-1-12-9)15-3-7(4-15)16-5-8(11(18)19)13-14-16/h5,7,9,12H,1-4,6H2,(H,18,19). The van der Waals surface area contributed by atoms with Crippen molar-refractivity contribution in [1.29, 1.82) is 0 Å². The number of carboxylic acid groups (broad SMARTS) is 1. The first-order valence-electron chi connectivity index (χ1n) is 6.40. The molecule has 108 valence electrons. The van der Waals surface area contributed by atoms with Gasteiger partial charge in [0.2, 0.25) is 5.91 Å². The lowest BCUT2D eigenvalue weighted by atomic mass is 10.1. The summed E-state index contributed by atoms with van der Waals surface area (Å²) in [7, 11) is 0. The van der Waals surface area contributed by atoms with Gasteiger partial charge >= 0.3 is 5.97 Å². The van der Waals surface area contributed by atoms with Gasteiger partial charge in [-0.25, -0.2) is 9.48 Å².